The second-order valence-electron chi connectivity index (χ2n) is 5.50. The van der Waals surface area contributed by atoms with Gasteiger partial charge in [0.1, 0.15) is 0 Å². The Bertz CT molecular complexity index is 1020. The Balaban J connectivity index is 1.89. The predicted molar refractivity (Wildman–Crippen MR) is 110 cm³/mol. The Morgan fingerprint density at radius 1 is 0.929 bits per heavy atom. The van der Waals surface area contributed by atoms with Gasteiger partial charge in [-0.15, -0.1) is 0 Å². The molecule has 0 aliphatic heterocycles. The van der Waals surface area contributed by atoms with E-state index >= 15 is 0 Å². The summed E-state index contributed by atoms with van der Waals surface area (Å²) in [7, 11) is 0. The Morgan fingerprint density at radius 2 is 1.54 bits per heavy atom. The molecule has 146 valence electrons. The molecule has 0 atom stereocenters. The summed E-state index contributed by atoms with van der Waals surface area (Å²) >= 11 is 22.7. The molecule has 1 aromatic heterocycles. The molecule has 0 saturated carbocycles. The van der Waals surface area contributed by atoms with E-state index in [1.165, 1.54) is 30.3 Å². The number of hydrogen-bond donors (Lipinski definition) is 2. The van der Waals surface area contributed by atoms with E-state index in [1.807, 2.05) is 0 Å². The SMILES string of the molecule is FC(F)(F)c1c(NC(=S)Nc2ccc(Cl)cc2Cl)cnn1-c1ccc(Cl)cc1. The number of halogens is 6. The van der Waals surface area contributed by atoms with Crippen molar-refractivity contribution in [3.63, 3.8) is 0 Å². The molecule has 3 aromatic rings. The fourth-order valence-corrected chi connectivity index (χ4v) is 3.16. The molecule has 0 amide bonds. The van der Waals surface area contributed by atoms with Crippen LogP contribution >= 0.6 is 47.0 Å². The highest BCUT2D eigenvalue weighted by Crippen LogP contribution is 2.36. The fourth-order valence-electron chi connectivity index (χ4n) is 2.36. The molecule has 0 aliphatic rings. The second kappa shape index (κ2) is 8.16. The summed E-state index contributed by atoms with van der Waals surface area (Å²) in [5, 5.41) is 10.1. The zero-order chi connectivity index (χ0) is 20.5. The third kappa shape index (κ3) is 4.70. The van der Waals surface area contributed by atoms with Crippen molar-refractivity contribution in [2.45, 2.75) is 6.18 Å². The molecule has 2 aromatic carbocycles. The standard InChI is InChI=1S/C17H10Cl3F3N4S/c18-9-1-4-11(5-2-9)27-15(17(21,22)23)14(8-24-27)26-16(28)25-13-6-3-10(19)7-12(13)20/h1-8H,(H2,25,26,28). The minimum absolute atomic E-state index is 0.0922. The second-order valence-corrected chi connectivity index (χ2v) is 7.18. The summed E-state index contributed by atoms with van der Waals surface area (Å²) in [6, 6.07) is 10.4. The Hall–Kier alpha value is -2.00. The minimum atomic E-state index is -4.69. The summed E-state index contributed by atoms with van der Waals surface area (Å²) in [4.78, 5) is 0. The van der Waals surface area contributed by atoms with Crippen molar-refractivity contribution in [3.05, 3.63) is 69.4 Å². The number of thiocarbonyl (C=S) groups is 1. The molecule has 0 saturated heterocycles. The lowest BCUT2D eigenvalue weighted by Gasteiger charge is -2.15. The van der Waals surface area contributed by atoms with Crippen molar-refractivity contribution in [2.75, 3.05) is 10.6 Å². The zero-order valence-corrected chi connectivity index (χ0v) is 16.8. The molecule has 28 heavy (non-hydrogen) atoms. The van der Waals surface area contributed by atoms with Gasteiger partial charge in [-0.25, -0.2) is 4.68 Å². The highest BCUT2D eigenvalue weighted by atomic mass is 35.5. The summed E-state index contributed by atoms with van der Waals surface area (Å²) in [5.74, 6) is 0. The first-order valence-corrected chi connectivity index (χ1v) is 9.13. The van der Waals surface area contributed by atoms with E-state index in [2.05, 4.69) is 15.7 Å². The number of nitrogens with zero attached hydrogens (tertiary/aromatic N) is 2. The van der Waals surface area contributed by atoms with Crippen LogP contribution in [0.2, 0.25) is 15.1 Å². The maximum atomic E-state index is 13.7. The van der Waals surface area contributed by atoms with E-state index in [-0.39, 0.29) is 21.5 Å². The van der Waals surface area contributed by atoms with Crippen LogP contribution in [0.3, 0.4) is 0 Å². The first kappa shape index (κ1) is 20.7. The molecule has 0 spiro atoms. The van der Waals surface area contributed by atoms with Crippen LogP contribution in [-0.2, 0) is 6.18 Å². The largest absolute Gasteiger partial charge is 0.435 e. The van der Waals surface area contributed by atoms with Gasteiger partial charge >= 0.3 is 6.18 Å². The lowest BCUT2D eigenvalue weighted by atomic mass is 10.3. The lowest BCUT2D eigenvalue weighted by Crippen LogP contribution is -2.22. The molecule has 0 bridgehead atoms. The Labute approximate surface area is 178 Å². The number of alkyl halides is 3. The number of aromatic nitrogens is 2. The van der Waals surface area contributed by atoms with Crippen LogP contribution in [-0.4, -0.2) is 14.9 Å². The highest BCUT2D eigenvalue weighted by Gasteiger charge is 2.39. The summed E-state index contributed by atoms with van der Waals surface area (Å²) < 4.78 is 41.8. The smallest absolute Gasteiger partial charge is 0.331 e. The van der Waals surface area contributed by atoms with Crippen LogP contribution in [0.25, 0.3) is 5.69 Å². The number of nitrogens with one attached hydrogen (secondary N) is 2. The van der Waals surface area contributed by atoms with Crippen molar-refractivity contribution < 1.29 is 13.2 Å². The first-order valence-electron chi connectivity index (χ1n) is 7.59. The zero-order valence-electron chi connectivity index (χ0n) is 13.7. The van der Waals surface area contributed by atoms with Crippen molar-refractivity contribution in [3.8, 4) is 5.69 Å². The van der Waals surface area contributed by atoms with Crippen LogP contribution in [0.1, 0.15) is 5.69 Å². The molecule has 0 radical (unpaired) electrons. The van der Waals surface area contributed by atoms with Gasteiger partial charge in [-0.3, -0.25) is 0 Å². The molecule has 4 nitrogen and oxygen atoms in total. The van der Waals surface area contributed by atoms with Gasteiger partial charge in [0.15, 0.2) is 10.8 Å². The molecule has 2 N–H and O–H groups in total. The summed E-state index contributed by atoms with van der Waals surface area (Å²) in [6.07, 6.45) is -3.65. The van der Waals surface area contributed by atoms with Crippen LogP contribution in [0, 0.1) is 0 Å². The minimum Gasteiger partial charge on any atom is -0.331 e. The first-order chi connectivity index (χ1) is 13.1. The molecule has 0 fully saturated rings. The third-order valence-electron chi connectivity index (χ3n) is 3.54. The number of hydrogen-bond acceptors (Lipinski definition) is 2. The summed E-state index contributed by atoms with van der Waals surface area (Å²) in [6.45, 7) is 0. The van der Waals surface area contributed by atoms with Crippen molar-refractivity contribution in [1.29, 1.82) is 0 Å². The third-order valence-corrected chi connectivity index (χ3v) is 4.54. The fraction of sp³-hybridized carbons (Fsp3) is 0.0588. The predicted octanol–water partition coefficient (Wildman–Crippen LogP) is 6.66. The maximum Gasteiger partial charge on any atom is 0.435 e. The molecular weight excluding hydrogens is 456 g/mol. The van der Waals surface area contributed by atoms with E-state index < -0.39 is 11.9 Å². The average molecular weight is 466 g/mol. The van der Waals surface area contributed by atoms with Gasteiger partial charge in [-0.1, -0.05) is 34.8 Å². The van der Waals surface area contributed by atoms with Gasteiger partial charge in [0, 0.05) is 10.0 Å². The normalized spacial score (nSPS) is 11.4. The maximum absolute atomic E-state index is 13.7. The average Bonchev–Trinajstić information content (AvgIpc) is 3.02. The van der Waals surface area contributed by atoms with Gasteiger partial charge in [-0.05, 0) is 54.7 Å². The van der Waals surface area contributed by atoms with E-state index in [4.69, 9.17) is 47.0 Å². The van der Waals surface area contributed by atoms with Crippen LogP contribution in [0.4, 0.5) is 24.5 Å². The Morgan fingerprint density at radius 3 is 2.14 bits per heavy atom. The van der Waals surface area contributed by atoms with Crippen LogP contribution < -0.4 is 10.6 Å². The van der Waals surface area contributed by atoms with E-state index in [0.717, 1.165) is 10.9 Å². The molecule has 0 unspecified atom stereocenters. The quantitative estimate of drug-likeness (QED) is 0.424. The van der Waals surface area contributed by atoms with Gasteiger partial charge in [0.25, 0.3) is 0 Å². The highest BCUT2D eigenvalue weighted by molar-refractivity contribution is 7.80. The number of anilines is 2. The van der Waals surface area contributed by atoms with Crippen molar-refractivity contribution in [2.24, 2.45) is 0 Å². The number of benzene rings is 2. The van der Waals surface area contributed by atoms with Crippen LogP contribution in [0.5, 0.6) is 0 Å². The summed E-state index contributed by atoms with van der Waals surface area (Å²) in [5.41, 5.74) is -0.738. The molecule has 11 heteroatoms. The van der Waals surface area contributed by atoms with Gasteiger partial charge in [-0.2, -0.15) is 18.3 Å². The van der Waals surface area contributed by atoms with Gasteiger partial charge in [0.2, 0.25) is 0 Å². The Kier molecular flexibility index (Phi) is 6.04. The monoisotopic (exact) mass is 464 g/mol. The molecular formula is C17H10Cl3F3N4S. The van der Waals surface area contributed by atoms with E-state index in [1.54, 1.807) is 12.1 Å². The molecule has 3 rings (SSSR count). The van der Waals surface area contributed by atoms with Crippen molar-refractivity contribution in [1.82, 2.24) is 9.78 Å². The van der Waals surface area contributed by atoms with Gasteiger partial charge in [0.05, 0.1) is 28.3 Å². The van der Waals surface area contributed by atoms with E-state index in [9.17, 15) is 13.2 Å². The topological polar surface area (TPSA) is 41.9 Å². The van der Waals surface area contributed by atoms with Gasteiger partial charge < -0.3 is 10.6 Å². The van der Waals surface area contributed by atoms with Crippen molar-refractivity contribution >= 4 is 63.5 Å². The van der Waals surface area contributed by atoms with Crippen LogP contribution in [0.15, 0.2) is 48.7 Å². The lowest BCUT2D eigenvalue weighted by molar-refractivity contribution is -0.142. The number of rotatable bonds is 3. The molecule has 1 heterocycles. The molecule has 0 aliphatic carbocycles. The van der Waals surface area contributed by atoms with E-state index in [0.29, 0.717) is 15.7 Å².